The summed E-state index contributed by atoms with van der Waals surface area (Å²) in [5.74, 6) is 0. The quantitative estimate of drug-likeness (QED) is 0.663. The summed E-state index contributed by atoms with van der Waals surface area (Å²) in [7, 11) is 0. The van der Waals surface area contributed by atoms with Crippen molar-refractivity contribution in [2.75, 3.05) is 0 Å². The van der Waals surface area contributed by atoms with Gasteiger partial charge in [0.15, 0.2) is 0 Å². The van der Waals surface area contributed by atoms with Crippen LogP contribution in [-0.2, 0) is 13.1 Å². The lowest BCUT2D eigenvalue weighted by atomic mass is 10.1. The zero-order valence-corrected chi connectivity index (χ0v) is 12.8. The molecule has 1 aromatic carbocycles. The molecule has 0 aliphatic carbocycles. The number of nitrogens with zero attached hydrogens (tertiary/aromatic N) is 2. The number of hydrogen-bond donors (Lipinski definition) is 0. The third kappa shape index (κ3) is 3.14. The van der Waals surface area contributed by atoms with Gasteiger partial charge in [0.2, 0.25) is 0 Å². The standard InChI is InChI=1S/C17H26N2O/c1-3-5-6-7-8-11-14-19-16-13-10-9-12-15(16)18(4-2)17(19)20/h9-10,12-13H,3-8,11,14H2,1-2H3. The second-order valence-electron chi connectivity index (χ2n) is 5.43. The number of aryl methyl sites for hydroxylation is 2. The molecule has 2 rings (SSSR count). The largest absolute Gasteiger partial charge is 0.329 e. The smallest absolute Gasteiger partial charge is 0.292 e. The van der Waals surface area contributed by atoms with Crippen LogP contribution in [0.5, 0.6) is 0 Å². The Morgan fingerprint density at radius 2 is 1.45 bits per heavy atom. The highest BCUT2D eigenvalue weighted by Crippen LogP contribution is 2.14. The van der Waals surface area contributed by atoms with Crippen molar-refractivity contribution in [3.8, 4) is 0 Å². The molecule has 0 N–H and O–H groups in total. The maximum Gasteiger partial charge on any atom is 0.329 e. The molecule has 0 radical (unpaired) electrons. The summed E-state index contributed by atoms with van der Waals surface area (Å²) < 4.78 is 3.81. The molecule has 0 aliphatic rings. The second kappa shape index (κ2) is 7.32. The van der Waals surface area contributed by atoms with E-state index in [9.17, 15) is 4.79 Å². The molecule has 0 spiro atoms. The van der Waals surface area contributed by atoms with Crippen molar-refractivity contribution < 1.29 is 0 Å². The van der Waals surface area contributed by atoms with E-state index in [2.05, 4.69) is 13.0 Å². The van der Waals surface area contributed by atoms with Crippen molar-refractivity contribution >= 4 is 11.0 Å². The summed E-state index contributed by atoms with van der Waals surface area (Å²) in [5, 5.41) is 0. The normalized spacial score (nSPS) is 11.3. The molecule has 0 saturated heterocycles. The van der Waals surface area contributed by atoms with Crippen LogP contribution in [0.15, 0.2) is 29.1 Å². The minimum Gasteiger partial charge on any atom is -0.292 e. The number of fused-ring (bicyclic) bond motifs is 1. The van der Waals surface area contributed by atoms with Crippen molar-refractivity contribution in [2.24, 2.45) is 0 Å². The van der Waals surface area contributed by atoms with Crippen LogP contribution in [-0.4, -0.2) is 9.13 Å². The van der Waals surface area contributed by atoms with Gasteiger partial charge in [0.1, 0.15) is 0 Å². The molecule has 20 heavy (non-hydrogen) atoms. The van der Waals surface area contributed by atoms with Gasteiger partial charge in [-0.3, -0.25) is 9.13 Å². The number of rotatable bonds is 8. The Morgan fingerprint density at radius 1 is 0.850 bits per heavy atom. The van der Waals surface area contributed by atoms with Crippen LogP contribution < -0.4 is 5.69 Å². The fourth-order valence-corrected chi connectivity index (χ4v) is 2.84. The van der Waals surface area contributed by atoms with Crippen LogP contribution >= 0.6 is 0 Å². The van der Waals surface area contributed by atoms with E-state index in [0.717, 1.165) is 30.5 Å². The average Bonchev–Trinajstić information content (AvgIpc) is 2.74. The maximum atomic E-state index is 12.4. The van der Waals surface area contributed by atoms with Gasteiger partial charge in [-0.05, 0) is 25.5 Å². The van der Waals surface area contributed by atoms with Crippen molar-refractivity contribution in [3.63, 3.8) is 0 Å². The first-order chi connectivity index (χ1) is 9.79. The molecule has 0 unspecified atom stereocenters. The van der Waals surface area contributed by atoms with Crippen molar-refractivity contribution in [1.82, 2.24) is 9.13 Å². The zero-order valence-electron chi connectivity index (χ0n) is 12.8. The zero-order chi connectivity index (χ0) is 14.4. The van der Waals surface area contributed by atoms with Gasteiger partial charge in [-0.25, -0.2) is 4.79 Å². The SMILES string of the molecule is CCCCCCCCn1c(=O)n(CC)c2ccccc21. The molecule has 3 heteroatoms. The summed E-state index contributed by atoms with van der Waals surface area (Å²) in [5.41, 5.74) is 2.28. The van der Waals surface area contributed by atoms with E-state index in [1.807, 2.05) is 34.3 Å². The molecule has 0 atom stereocenters. The molecule has 0 fully saturated rings. The fourth-order valence-electron chi connectivity index (χ4n) is 2.84. The lowest BCUT2D eigenvalue weighted by Gasteiger charge is -2.03. The molecular formula is C17H26N2O. The number of benzene rings is 1. The number of unbranched alkanes of at least 4 members (excludes halogenated alkanes) is 5. The molecule has 1 aromatic heterocycles. The van der Waals surface area contributed by atoms with Gasteiger partial charge in [-0.1, -0.05) is 51.2 Å². The second-order valence-corrected chi connectivity index (χ2v) is 5.43. The molecule has 0 saturated carbocycles. The van der Waals surface area contributed by atoms with E-state index in [4.69, 9.17) is 0 Å². The highest BCUT2D eigenvalue weighted by molar-refractivity contribution is 5.75. The van der Waals surface area contributed by atoms with Gasteiger partial charge >= 0.3 is 5.69 Å². The van der Waals surface area contributed by atoms with Gasteiger partial charge < -0.3 is 0 Å². The Bertz CT molecular complexity index is 595. The van der Waals surface area contributed by atoms with E-state index in [1.54, 1.807) is 0 Å². The van der Waals surface area contributed by atoms with Crippen molar-refractivity contribution in [3.05, 3.63) is 34.7 Å². The number of para-hydroxylation sites is 2. The monoisotopic (exact) mass is 274 g/mol. The maximum absolute atomic E-state index is 12.4. The van der Waals surface area contributed by atoms with Crippen LogP contribution in [0, 0.1) is 0 Å². The van der Waals surface area contributed by atoms with Crippen molar-refractivity contribution in [1.29, 1.82) is 0 Å². The molecule has 1 heterocycles. The van der Waals surface area contributed by atoms with Crippen molar-refractivity contribution in [2.45, 2.75) is 65.5 Å². The summed E-state index contributed by atoms with van der Waals surface area (Å²) in [6, 6.07) is 8.11. The minimum atomic E-state index is 0.141. The Hall–Kier alpha value is -1.51. The highest BCUT2D eigenvalue weighted by Gasteiger charge is 2.10. The third-order valence-corrected chi connectivity index (χ3v) is 3.98. The third-order valence-electron chi connectivity index (χ3n) is 3.98. The molecule has 0 bridgehead atoms. The average molecular weight is 274 g/mol. The lowest BCUT2D eigenvalue weighted by molar-refractivity contribution is 0.548. The van der Waals surface area contributed by atoms with E-state index in [1.165, 1.54) is 32.1 Å². The van der Waals surface area contributed by atoms with Gasteiger partial charge in [-0.15, -0.1) is 0 Å². The van der Waals surface area contributed by atoms with Crippen LogP contribution in [0.2, 0.25) is 0 Å². The first kappa shape index (κ1) is 14.9. The van der Waals surface area contributed by atoms with E-state index in [0.29, 0.717) is 0 Å². The molecule has 110 valence electrons. The Labute approximate surface area is 121 Å². The molecule has 2 aromatic rings. The van der Waals surface area contributed by atoms with Gasteiger partial charge in [0.05, 0.1) is 11.0 Å². The van der Waals surface area contributed by atoms with E-state index in [-0.39, 0.29) is 5.69 Å². The Balaban J connectivity index is 2.06. The minimum absolute atomic E-state index is 0.141. The van der Waals surface area contributed by atoms with E-state index >= 15 is 0 Å². The predicted molar refractivity (Wildman–Crippen MR) is 85.2 cm³/mol. The summed E-state index contributed by atoms with van der Waals surface area (Å²) in [6.45, 7) is 5.85. The molecular weight excluding hydrogens is 248 g/mol. The molecule has 3 nitrogen and oxygen atoms in total. The Morgan fingerprint density at radius 3 is 2.10 bits per heavy atom. The topological polar surface area (TPSA) is 26.9 Å². The summed E-state index contributed by atoms with van der Waals surface area (Å²) >= 11 is 0. The van der Waals surface area contributed by atoms with Crippen LogP contribution in [0.1, 0.15) is 52.4 Å². The number of hydrogen-bond acceptors (Lipinski definition) is 1. The first-order valence-corrected chi connectivity index (χ1v) is 7.97. The summed E-state index contributed by atoms with van der Waals surface area (Å²) in [4.78, 5) is 12.4. The van der Waals surface area contributed by atoms with Crippen LogP contribution in [0.3, 0.4) is 0 Å². The lowest BCUT2D eigenvalue weighted by Crippen LogP contribution is -2.23. The van der Waals surface area contributed by atoms with Gasteiger partial charge in [0.25, 0.3) is 0 Å². The van der Waals surface area contributed by atoms with Gasteiger partial charge in [0, 0.05) is 13.1 Å². The van der Waals surface area contributed by atoms with Crippen LogP contribution in [0.25, 0.3) is 11.0 Å². The van der Waals surface area contributed by atoms with Gasteiger partial charge in [-0.2, -0.15) is 0 Å². The number of aromatic nitrogens is 2. The highest BCUT2D eigenvalue weighted by atomic mass is 16.1. The summed E-state index contributed by atoms with van der Waals surface area (Å²) in [6.07, 6.45) is 7.54. The Kier molecular flexibility index (Phi) is 5.45. The molecule has 0 amide bonds. The fraction of sp³-hybridized carbons (Fsp3) is 0.588. The van der Waals surface area contributed by atoms with Crippen LogP contribution in [0.4, 0.5) is 0 Å². The number of imidazole rings is 1. The molecule has 0 aliphatic heterocycles. The van der Waals surface area contributed by atoms with E-state index < -0.39 is 0 Å². The first-order valence-electron chi connectivity index (χ1n) is 7.97. The predicted octanol–water partition coefficient (Wildman–Crippen LogP) is 4.18.